The van der Waals surface area contributed by atoms with E-state index in [1.54, 1.807) is 6.20 Å². The highest BCUT2D eigenvalue weighted by molar-refractivity contribution is 5.49. The highest BCUT2D eigenvalue weighted by Gasteiger charge is 2.03. The normalized spacial score (nSPS) is 10.7. The maximum Gasteiger partial charge on any atom is 0.168 e. The smallest absolute Gasteiger partial charge is 0.168 e. The molecule has 0 spiro atoms. The standard InChI is InChI=1S/C15H26N2O2/c1-4-11-19-14-8-7-10-17-15(14)16-9-5-6-12-18-13(2)3/h7-8,10,13H,4-6,9,11-12H2,1-3H3,(H,16,17). The fourth-order valence-electron chi connectivity index (χ4n) is 1.60. The van der Waals surface area contributed by atoms with Gasteiger partial charge >= 0.3 is 0 Å². The molecule has 1 aromatic rings. The van der Waals surface area contributed by atoms with E-state index in [-0.39, 0.29) is 0 Å². The summed E-state index contributed by atoms with van der Waals surface area (Å²) in [6.45, 7) is 8.65. The van der Waals surface area contributed by atoms with E-state index in [0.29, 0.717) is 6.10 Å². The number of unbranched alkanes of at least 4 members (excludes halogenated alkanes) is 1. The van der Waals surface area contributed by atoms with Crippen molar-refractivity contribution >= 4 is 5.82 Å². The lowest BCUT2D eigenvalue weighted by atomic mass is 10.3. The molecule has 0 aliphatic carbocycles. The second-order valence-corrected chi connectivity index (χ2v) is 4.75. The first kappa shape index (κ1) is 15.8. The van der Waals surface area contributed by atoms with Crippen molar-refractivity contribution in [2.24, 2.45) is 0 Å². The molecule has 0 atom stereocenters. The van der Waals surface area contributed by atoms with Crippen molar-refractivity contribution < 1.29 is 9.47 Å². The zero-order valence-electron chi connectivity index (χ0n) is 12.3. The number of nitrogens with one attached hydrogen (secondary N) is 1. The molecular weight excluding hydrogens is 240 g/mol. The minimum Gasteiger partial charge on any atom is -0.490 e. The number of hydrogen-bond acceptors (Lipinski definition) is 4. The van der Waals surface area contributed by atoms with Gasteiger partial charge in [-0.15, -0.1) is 0 Å². The Labute approximate surface area is 116 Å². The van der Waals surface area contributed by atoms with Gasteiger partial charge in [0, 0.05) is 19.3 Å². The molecule has 0 saturated heterocycles. The van der Waals surface area contributed by atoms with Crippen molar-refractivity contribution in [3.8, 4) is 5.75 Å². The van der Waals surface area contributed by atoms with Crippen molar-refractivity contribution in [2.45, 2.75) is 46.1 Å². The van der Waals surface area contributed by atoms with Crippen LogP contribution in [0.25, 0.3) is 0 Å². The number of anilines is 1. The number of ether oxygens (including phenoxy) is 2. The molecule has 1 aromatic heterocycles. The van der Waals surface area contributed by atoms with E-state index in [1.165, 1.54) is 0 Å². The van der Waals surface area contributed by atoms with E-state index < -0.39 is 0 Å². The van der Waals surface area contributed by atoms with Crippen LogP contribution < -0.4 is 10.1 Å². The average molecular weight is 266 g/mol. The molecular formula is C15H26N2O2. The van der Waals surface area contributed by atoms with Crippen LogP contribution in [0.2, 0.25) is 0 Å². The van der Waals surface area contributed by atoms with E-state index in [4.69, 9.17) is 9.47 Å². The fraction of sp³-hybridized carbons (Fsp3) is 0.667. The molecule has 0 saturated carbocycles. The summed E-state index contributed by atoms with van der Waals surface area (Å²) in [7, 11) is 0. The van der Waals surface area contributed by atoms with Crippen molar-refractivity contribution in [1.29, 1.82) is 0 Å². The lowest BCUT2D eigenvalue weighted by molar-refractivity contribution is 0.0765. The molecule has 108 valence electrons. The maximum absolute atomic E-state index is 5.65. The average Bonchev–Trinajstić information content (AvgIpc) is 2.41. The molecule has 0 unspecified atom stereocenters. The van der Waals surface area contributed by atoms with Gasteiger partial charge in [-0.05, 0) is 45.2 Å². The monoisotopic (exact) mass is 266 g/mol. The van der Waals surface area contributed by atoms with Gasteiger partial charge in [0.25, 0.3) is 0 Å². The molecule has 0 aliphatic heterocycles. The van der Waals surface area contributed by atoms with Crippen molar-refractivity contribution in [2.75, 3.05) is 25.1 Å². The number of hydrogen-bond donors (Lipinski definition) is 1. The number of nitrogens with zero attached hydrogens (tertiary/aromatic N) is 1. The molecule has 1 rings (SSSR count). The van der Waals surface area contributed by atoms with Gasteiger partial charge in [-0.2, -0.15) is 0 Å². The van der Waals surface area contributed by atoms with Crippen molar-refractivity contribution in [3.63, 3.8) is 0 Å². The Bertz CT molecular complexity index is 343. The van der Waals surface area contributed by atoms with E-state index in [2.05, 4.69) is 31.1 Å². The van der Waals surface area contributed by atoms with Crippen LogP contribution in [0.5, 0.6) is 5.75 Å². The van der Waals surface area contributed by atoms with Gasteiger partial charge in [-0.25, -0.2) is 4.98 Å². The molecule has 0 aromatic carbocycles. The first-order valence-corrected chi connectivity index (χ1v) is 7.17. The second-order valence-electron chi connectivity index (χ2n) is 4.75. The highest BCUT2D eigenvalue weighted by atomic mass is 16.5. The zero-order valence-corrected chi connectivity index (χ0v) is 12.3. The first-order chi connectivity index (χ1) is 9.24. The molecule has 0 amide bonds. The third kappa shape index (κ3) is 7.01. The predicted molar refractivity (Wildman–Crippen MR) is 78.8 cm³/mol. The molecule has 0 aliphatic rings. The minimum absolute atomic E-state index is 0.317. The summed E-state index contributed by atoms with van der Waals surface area (Å²) < 4.78 is 11.1. The Hall–Kier alpha value is -1.29. The lowest BCUT2D eigenvalue weighted by Gasteiger charge is -2.12. The first-order valence-electron chi connectivity index (χ1n) is 7.17. The Morgan fingerprint density at radius 1 is 1.26 bits per heavy atom. The van der Waals surface area contributed by atoms with E-state index in [0.717, 1.165) is 50.6 Å². The van der Waals surface area contributed by atoms with Crippen molar-refractivity contribution in [3.05, 3.63) is 18.3 Å². The molecule has 19 heavy (non-hydrogen) atoms. The zero-order chi connectivity index (χ0) is 13.9. The van der Waals surface area contributed by atoms with Crippen molar-refractivity contribution in [1.82, 2.24) is 4.98 Å². The number of aromatic nitrogens is 1. The Morgan fingerprint density at radius 2 is 2.11 bits per heavy atom. The van der Waals surface area contributed by atoms with Gasteiger partial charge in [0.1, 0.15) is 0 Å². The number of rotatable bonds is 10. The summed E-state index contributed by atoms with van der Waals surface area (Å²) in [6, 6.07) is 3.85. The summed E-state index contributed by atoms with van der Waals surface area (Å²) in [5.41, 5.74) is 0. The quantitative estimate of drug-likeness (QED) is 0.658. The Morgan fingerprint density at radius 3 is 2.84 bits per heavy atom. The van der Waals surface area contributed by atoms with E-state index in [9.17, 15) is 0 Å². The van der Waals surface area contributed by atoms with Crippen LogP contribution in [0.4, 0.5) is 5.82 Å². The molecule has 4 heteroatoms. The third-order valence-electron chi connectivity index (χ3n) is 2.55. The largest absolute Gasteiger partial charge is 0.490 e. The van der Waals surface area contributed by atoms with Crippen LogP contribution in [-0.2, 0) is 4.74 Å². The highest BCUT2D eigenvalue weighted by Crippen LogP contribution is 2.20. The van der Waals surface area contributed by atoms with E-state index >= 15 is 0 Å². The molecule has 0 radical (unpaired) electrons. The third-order valence-corrected chi connectivity index (χ3v) is 2.55. The molecule has 4 nitrogen and oxygen atoms in total. The fourth-order valence-corrected chi connectivity index (χ4v) is 1.60. The van der Waals surface area contributed by atoms with Gasteiger partial charge in [0.05, 0.1) is 12.7 Å². The van der Waals surface area contributed by atoms with Gasteiger partial charge in [0.2, 0.25) is 0 Å². The van der Waals surface area contributed by atoms with Crippen LogP contribution in [0, 0.1) is 0 Å². The lowest BCUT2D eigenvalue weighted by Crippen LogP contribution is -2.09. The topological polar surface area (TPSA) is 43.4 Å². The maximum atomic E-state index is 5.65. The SMILES string of the molecule is CCCOc1cccnc1NCCCCOC(C)C. The van der Waals surface area contributed by atoms with E-state index in [1.807, 2.05) is 12.1 Å². The Balaban J connectivity index is 2.24. The van der Waals surface area contributed by atoms with Gasteiger partial charge in [0.15, 0.2) is 11.6 Å². The van der Waals surface area contributed by atoms with Crippen LogP contribution in [0.15, 0.2) is 18.3 Å². The minimum atomic E-state index is 0.317. The van der Waals surface area contributed by atoms with Gasteiger partial charge < -0.3 is 14.8 Å². The Kier molecular flexibility index (Phi) is 7.98. The van der Waals surface area contributed by atoms with Crippen LogP contribution in [0.3, 0.4) is 0 Å². The predicted octanol–water partition coefficient (Wildman–Crippen LogP) is 3.49. The second kappa shape index (κ2) is 9.62. The molecule has 1 heterocycles. The molecule has 0 bridgehead atoms. The summed E-state index contributed by atoms with van der Waals surface area (Å²) in [5.74, 6) is 1.67. The summed E-state index contributed by atoms with van der Waals surface area (Å²) in [4.78, 5) is 4.31. The summed E-state index contributed by atoms with van der Waals surface area (Å²) in [5, 5.41) is 3.32. The van der Waals surface area contributed by atoms with Crippen LogP contribution in [-0.4, -0.2) is 30.8 Å². The van der Waals surface area contributed by atoms with Crippen LogP contribution in [0.1, 0.15) is 40.0 Å². The van der Waals surface area contributed by atoms with Crippen LogP contribution >= 0.6 is 0 Å². The van der Waals surface area contributed by atoms with Gasteiger partial charge in [-0.3, -0.25) is 0 Å². The van der Waals surface area contributed by atoms with Gasteiger partial charge in [-0.1, -0.05) is 6.92 Å². The molecule has 0 fully saturated rings. The molecule has 1 N–H and O–H groups in total. The number of pyridine rings is 1. The summed E-state index contributed by atoms with van der Waals surface area (Å²) in [6.07, 6.45) is 5.22. The summed E-state index contributed by atoms with van der Waals surface area (Å²) >= 11 is 0.